The van der Waals surface area contributed by atoms with Crippen LogP contribution in [0.3, 0.4) is 0 Å². The summed E-state index contributed by atoms with van der Waals surface area (Å²) in [5, 5.41) is 12.4. The molecule has 0 saturated heterocycles. The molecular formula is C24H38N4O5. The third-order valence-electron chi connectivity index (χ3n) is 5.63. The average molecular weight is 463 g/mol. The van der Waals surface area contributed by atoms with E-state index in [1.165, 1.54) is 0 Å². The number of ether oxygens (including phenoxy) is 1. The largest absolute Gasteiger partial charge is 0.449 e. The lowest BCUT2D eigenvalue weighted by Gasteiger charge is -2.24. The van der Waals surface area contributed by atoms with Crippen molar-refractivity contribution in [2.45, 2.75) is 79.2 Å². The maximum Gasteiger partial charge on any atom is 0.407 e. The van der Waals surface area contributed by atoms with Crippen molar-refractivity contribution in [2.24, 2.45) is 17.3 Å². The molecule has 184 valence electrons. The number of amides is 2. The van der Waals surface area contributed by atoms with Crippen molar-refractivity contribution in [3.05, 3.63) is 17.5 Å². The zero-order chi connectivity index (χ0) is 24.6. The van der Waals surface area contributed by atoms with Gasteiger partial charge in [0, 0.05) is 24.6 Å². The molecule has 0 saturated carbocycles. The number of aryl methyl sites for hydroxylation is 1. The van der Waals surface area contributed by atoms with E-state index in [1.807, 2.05) is 34.6 Å². The van der Waals surface area contributed by atoms with Gasteiger partial charge in [0.25, 0.3) is 5.91 Å². The Bertz CT molecular complexity index is 840. The molecule has 0 fully saturated rings. The maximum atomic E-state index is 13.2. The number of carbonyl (C=O) groups is 4. The third kappa shape index (κ3) is 8.63. The number of ketones is 2. The number of fused-ring (bicyclic) bond motifs is 1. The Kier molecular flexibility index (Phi) is 9.61. The van der Waals surface area contributed by atoms with E-state index in [-0.39, 0.29) is 36.6 Å². The number of carbonyl (C=O) groups excluding carboxylic acids is 4. The minimum absolute atomic E-state index is 0.154. The number of aromatic nitrogens is 2. The van der Waals surface area contributed by atoms with Gasteiger partial charge in [-0.15, -0.1) is 0 Å². The summed E-state index contributed by atoms with van der Waals surface area (Å²) in [7, 11) is 0. The van der Waals surface area contributed by atoms with Gasteiger partial charge in [0.05, 0.1) is 18.8 Å². The van der Waals surface area contributed by atoms with Gasteiger partial charge in [-0.3, -0.25) is 19.5 Å². The molecule has 0 spiro atoms. The van der Waals surface area contributed by atoms with Crippen molar-refractivity contribution in [3.63, 3.8) is 0 Å². The second-order valence-corrected chi connectivity index (χ2v) is 10.4. The van der Waals surface area contributed by atoms with Gasteiger partial charge in [0.2, 0.25) is 5.78 Å². The fourth-order valence-electron chi connectivity index (χ4n) is 3.77. The van der Waals surface area contributed by atoms with Gasteiger partial charge in [-0.1, -0.05) is 41.0 Å². The van der Waals surface area contributed by atoms with Gasteiger partial charge in [0.1, 0.15) is 0 Å². The molecule has 0 aromatic carbocycles. The smallest absolute Gasteiger partial charge is 0.407 e. The summed E-state index contributed by atoms with van der Waals surface area (Å²) in [6.45, 7) is 10.1. The van der Waals surface area contributed by atoms with Gasteiger partial charge < -0.3 is 15.4 Å². The number of rotatable bonds is 6. The van der Waals surface area contributed by atoms with Crippen LogP contribution >= 0.6 is 0 Å². The Labute approximate surface area is 195 Å². The van der Waals surface area contributed by atoms with Crippen molar-refractivity contribution in [1.29, 1.82) is 0 Å². The number of hydrogen-bond donors (Lipinski definition) is 3. The Morgan fingerprint density at radius 1 is 1.21 bits per heavy atom. The first kappa shape index (κ1) is 26.5. The summed E-state index contributed by atoms with van der Waals surface area (Å²) in [6, 6.07) is -0.821. The van der Waals surface area contributed by atoms with E-state index in [2.05, 4.69) is 20.8 Å². The molecule has 1 aliphatic rings. The van der Waals surface area contributed by atoms with Crippen LogP contribution in [0.5, 0.6) is 0 Å². The molecule has 1 aromatic heterocycles. The zero-order valence-corrected chi connectivity index (χ0v) is 20.5. The van der Waals surface area contributed by atoms with Crippen LogP contribution in [0.25, 0.3) is 0 Å². The average Bonchev–Trinajstić information content (AvgIpc) is 3.16. The number of Topliss-reactive ketones (excluding diaryl/α,β-unsaturated/α-hetero) is 2. The molecule has 2 unspecified atom stereocenters. The van der Waals surface area contributed by atoms with Crippen LogP contribution in [-0.2, 0) is 32.0 Å². The van der Waals surface area contributed by atoms with E-state index < -0.39 is 29.7 Å². The highest BCUT2D eigenvalue weighted by Crippen LogP contribution is 2.21. The molecule has 2 atom stereocenters. The third-order valence-corrected chi connectivity index (χ3v) is 5.63. The van der Waals surface area contributed by atoms with E-state index in [0.717, 1.165) is 36.9 Å². The summed E-state index contributed by atoms with van der Waals surface area (Å²) in [5.74, 6) is -2.63. The number of H-pyrrole nitrogens is 1. The minimum Gasteiger partial charge on any atom is -0.449 e. The van der Waals surface area contributed by atoms with Crippen LogP contribution in [-0.4, -0.2) is 53.0 Å². The van der Waals surface area contributed by atoms with Gasteiger partial charge in [-0.2, -0.15) is 5.10 Å². The number of nitrogens with zero attached hydrogens (tertiary/aromatic N) is 1. The number of aromatic amines is 1. The summed E-state index contributed by atoms with van der Waals surface area (Å²) in [6.07, 6.45) is 4.53. The van der Waals surface area contributed by atoms with Crippen LogP contribution in [0.4, 0.5) is 4.79 Å². The Hall–Kier alpha value is -2.71. The highest BCUT2D eigenvalue weighted by Gasteiger charge is 2.33. The van der Waals surface area contributed by atoms with Crippen LogP contribution in [0.1, 0.15) is 71.6 Å². The minimum atomic E-state index is -0.832. The molecule has 1 aromatic rings. The molecular weight excluding hydrogens is 424 g/mol. The molecule has 9 heteroatoms. The molecule has 2 heterocycles. The molecule has 9 nitrogen and oxygen atoms in total. The van der Waals surface area contributed by atoms with Crippen LogP contribution in [0.15, 0.2) is 6.20 Å². The highest BCUT2D eigenvalue weighted by atomic mass is 16.5. The lowest BCUT2D eigenvalue weighted by atomic mass is 9.86. The number of hydrogen-bond acceptors (Lipinski definition) is 6. The van der Waals surface area contributed by atoms with E-state index in [9.17, 15) is 19.2 Å². The van der Waals surface area contributed by atoms with Crippen molar-refractivity contribution < 1.29 is 23.9 Å². The first-order valence-electron chi connectivity index (χ1n) is 11.8. The monoisotopic (exact) mass is 462 g/mol. The van der Waals surface area contributed by atoms with Crippen molar-refractivity contribution in [3.8, 4) is 0 Å². The summed E-state index contributed by atoms with van der Waals surface area (Å²) in [4.78, 5) is 50.9. The molecule has 33 heavy (non-hydrogen) atoms. The molecule has 0 aliphatic carbocycles. The Morgan fingerprint density at radius 2 is 1.94 bits per heavy atom. The standard InChI is InChI=1S/C24H38N4O5/c1-15(2)20(27-23(32)33-14-24(3,4)5)19(29)12-16-11-17-13-26-28-18(17)9-7-6-8-10-25-22(31)21(16)30/h13,15-16,20H,6-12,14H2,1-5H3,(H,25,31)(H,26,28)(H,27,32). The van der Waals surface area contributed by atoms with Gasteiger partial charge >= 0.3 is 6.09 Å². The van der Waals surface area contributed by atoms with Crippen molar-refractivity contribution in [1.82, 2.24) is 20.8 Å². The van der Waals surface area contributed by atoms with Gasteiger partial charge in [-0.25, -0.2) is 4.79 Å². The molecule has 3 N–H and O–H groups in total. The summed E-state index contributed by atoms with van der Waals surface area (Å²) >= 11 is 0. The van der Waals surface area contributed by atoms with Crippen LogP contribution in [0, 0.1) is 17.3 Å². The first-order chi connectivity index (χ1) is 15.5. The highest BCUT2D eigenvalue weighted by molar-refractivity contribution is 6.37. The number of alkyl carbamates (subject to hydrolysis) is 1. The Balaban J connectivity index is 2.16. The quantitative estimate of drug-likeness (QED) is 0.557. The zero-order valence-electron chi connectivity index (χ0n) is 20.5. The predicted molar refractivity (Wildman–Crippen MR) is 124 cm³/mol. The van der Waals surface area contributed by atoms with Gasteiger partial charge in [0.15, 0.2) is 5.78 Å². The fraction of sp³-hybridized carbons (Fsp3) is 0.708. The second kappa shape index (κ2) is 12.0. The second-order valence-electron chi connectivity index (χ2n) is 10.4. The predicted octanol–water partition coefficient (Wildman–Crippen LogP) is 2.74. The number of nitrogens with one attached hydrogen (secondary N) is 3. The summed E-state index contributed by atoms with van der Waals surface area (Å²) in [5.41, 5.74) is 1.57. The fourth-order valence-corrected chi connectivity index (χ4v) is 3.77. The van der Waals surface area contributed by atoms with Crippen molar-refractivity contribution in [2.75, 3.05) is 13.2 Å². The molecule has 2 rings (SSSR count). The van der Waals surface area contributed by atoms with E-state index >= 15 is 0 Å². The molecule has 0 radical (unpaired) electrons. The normalized spacial score (nSPS) is 19.0. The Morgan fingerprint density at radius 3 is 2.61 bits per heavy atom. The molecule has 0 bridgehead atoms. The lowest BCUT2D eigenvalue weighted by molar-refractivity contribution is -0.141. The van der Waals surface area contributed by atoms with E-state index in [4.69, 9.17) is 4.74 Å². The molecule has 1 aliphatic heterocycles. The lowest BCUT2D eigenvalue weighted by Crippen LogP contribution is -2.47. The topological polar surface area (TPSA) is 130 Å². The van der Waals surface area contributed by atoms with Crippen LogP contribution < -0.4 is 10.6 Å². The molecule has 2 amide bonds. The SMILES string of the molecule is CC(C)C(NC(=O)OCC(C)(C)C)C(=O)CC1Cc2cn[nH]c2CCCCCNC(=O)C1=O. The summed E-state index contributed by atoms with van der Waals surface area (Å²) < 4.78 is 5.25. The van der Waals surface area contributed by atoms with E-state index in [1.54, 1.807) is 6.20 Å². The maximum absolute atomic E-state index is 13.2. The van der Waals surface area contributed by atoms with E-state index in [0.29, 0.717) is 6.54 Å². The van der Waals surface area contributed by atoms with Gasteiger partial charge in [-0.05, 0) is 42.6 Å². The van der Waals surface area contributed by atoms with Crippen molar-refractivity contribution >= 4 is 23.6 Å². The van der Waals surface area contributed by atoms with Crippen LogP contribution in [0.2, 0.25) is 0 Å². The first-order valence-corrected chi connectivity index (χ1v) is 11.8.